The molecule has 122 valence electrons. The first-order chi connectivity index (χ1) is 11.3. The van der Waals surface area contributed by atoms with E-state index in [9.17, 15) is 10.4 Å². The first-order valence-corrected chi connectivity index (χ1v) is 8.02. The molecule has 0 aliphatic carbocycles. The van der Waals surface area contributed by atoms with E-state index in [-0.39, 0.29) is 0 Å². The number of hydrogen-bond acceptors (Lipinski definition) is 3. The van der Waals surface area contributed by atoms with E-state index in [2.05, 4.69) is 6.07 Å². The minimum atomic E-state index is -1.11. The fraction of sp³-hybridized carbons (Fsp3) is 0.167. The van der Waals surface area contributed by atoms with E-state index in [1.54, 1.807) is 24.3 Å². The summed E-state index contributed by atoms with van der Waals surface area (Å²) in [5.41, 5.74) is 10.1. The maximum absolute atomic E-state index is 9.91. The van der Waals surface area contributed by atoms with Gasteiger partial charge < -0.3 is 15.4 Å². The molecule has 24 heavy (non-hydrogen) atoms. The molecule has 0 spiro atoms. The molecule has 0 amide bonds. The Morgan fingerprint density at radius 3 is 2.50 bits per heavy atom. The van der Waals surface area contributed by atoms with Crippen molar-refractivity contribution in [3.05, 3.63) is 57.2 Å². The Bertz CT molecular complexity index is 1000. The molecule has 0 saturated carbocycles. The summed E-state index contributed by atoms with van der Waals surface area (Å²) in [5, 5.41) is 21.2. The standard InChI is InChI=1S/C18H15Cl2N3O/c1-9-13-5-10(8-21)6-14(12-4-3-11(19)7-15(12)20)17(13)23(2)16(9)18(22)24/h3-7,18,24H,22H2,1-2H3. The molecule has 4 nitrogen and oxygen atoms in total. The van der Waals surface area contributed by atoms with Crippen LogP contribution in [0.5, 0.6) is 0 Å². The Hall–Kier alpha value is -2.03. The number of nitrogens with zero attached hydrogens (tertiary/aromatic N) is 2. The molecule has 0 fully saturated rings. The topological polar surface area (TPSA) is 75.0 Å². The van der Waals surface area contributed by atoms with Gasteiger partial charge in [-0.05, 0) is 36.8 Å². The maximum Gasteiger partial charge on any atom is 0.143 e. The Kier molecular flexibility index (Phi) is 4.29. The van der Waals surface area contributed by atoms with Gasteiger partial charge in [0.1, 0.15) is 6.23 Å². The number of halogens is 2. The van der Waals surface area contributed by atoms with Gasteiger partial charge in [0, 0.05) is 33.6 Å². The average molecular weight is 360 g/mol. The molecule has 0 radical (unpaired) electrons. The van der Waals surface area contributed by atoms with E-state index >= 15 is 0 Å². The van der Waals surface area contributed by atoms with Crippen LogP contribution in [0.3, 0.4) is 0 Å². The quantitative estimate of drug-likeness (QED) is 0.670. The van der Waals surface area contributed by atoms with Crippen LogP contribution in [-0.2, 0) is 7.05 Å². The van der Waals surface area contributed by atoms with Crippen molar-refractivity contribution in [3.8, 4) is 17.2 Å². The van der Waals surface area contributed by atoms with E-state index in [0.717, 1.165) is 27.6 Å². The molecular formula is C18H15Cl2N3O. The average Bonchev–Trinajstić information content (AvgIpc) is 2.78. The zero-order chi connectivity index (χ0) is 17.6. The molecule has 0 aliphatic rings. The fourth-order valence-electron chi connectivity index (χ4n) is 3.19. The molecule has 1 aromatic heterocycles. The molecule has 1 heterocycles. The van der Waals surface area contributed by atoms with Crippen molar-refractivity contribution in [2.45, 2.75) is 13.2 Å². The molecule has 0 saturated heterocycles. The van der Waals surface area contributed by atoms with Crippen LogP contribution < -0.4 is 5.73 Å². The highest BCUT2D eigenvalue weighted by Gasteiger charge is 2.20. The third-order valence-corrected chi connectivity index (χ3v) is 4.77. The molecule has 2 aromatic carbocycles. The number of aryl methyl sites for hydroxylation is 2. The Balaban J connectivity index is 2.47. The molecule has 0 bridgehead atoms. The number of hydrogen-bond donors (Lipinski definition) is 2. The van der Waals surface area contributed by atoms with Crippen LogP contribution in [-0.4, -0.2) is 9.67 Å². The molecule has 3 aromatic rings. The van der Waals surface area contributed by atoms with Crippen LogP contribution in [0.25, 0.3) is 22.0 Å². The van der Waals surface area contributed by atoms with Crippen molar-refractivity contribution in [3.63, 3.8) is 0 Å². The summed E-state index contributed by atoms with van der Waals surface area (Å²) in [6.45, 7) is 1.88. The molecule has 1 unspecified atom stereocenters. The third kappa shape index (κ3) is 2.56. The SMILES string of the molecule is Cc1c(C(N)O)n(C)c2c(-c3ccc(Cl)cc3Cl)cc(C#N)cc12. The summed E-state index contributed by atoms with van der Waals surface area (Å²) in [5.74, 6) is 0. The molecule has 3 N–H and O–H groups in total. The molecule has 0 aliphatic heterocycles. The van der Waals surface area contributed by atoms with Gasteiger partial charge in [0.2, 0.25) is 0 Å². The second-order valence-electron chi connectivity index (χ2n) is 5.67. The zero-order valence-electron chi connectivity index (χ0n) is 13.1. The minimum Gasteiger partial charge on any atom is -0.373 e. The number of aromatic nitrogens is 1. The van der Waals surface area contributed by atoms with E-state index in [0.29, 0.717) is 21.3 Å². The van der Waals surface area contributed by atoms with Gasteiger partial charge in [-0.1, -0.05) is 29.3 Å². The Morgan fingerprint density at radius 2 is 1.92 bits per heavy atom. The van der Waals surface area contributed by atoms with Crippen molar-refractivity contribution in [1.82, 2.24) is 4.57 Å². The number of nitriles is 1. The molecule has 1 atom stereocenters. The monoisotopic (exact) mass is 359 g/mol. The lowest BCUT2D eigenvalue weighted by Crippen LogP contribution is -2.14. The lowest BCUT2D eigenvalue weighted by molar-refractivity contribution is 0.177. The van der Waals surface area contributed by atoms with E-state index in [1.807, 2.05) is 24.6 Å². The van der Waals surface area contributed by atoms with Crippen molar-refractivity contribution in [2.24, 2.45) is 12.8 Å². The van der Waals surface area contributed by atoms with Gasteiger partial charge in [0.05, 0.1) is 22.8 Å². The van der Waals surface area contributed by atoms with Gasteiger partial charge in [-0.3, -0.25) is 0 Å². The first kappa shape index (κ1) is 16.8. The van der Waals surface area contributed by atoms with Crippen LogP contribution in [0, 0.1) is 18.3 Å². The summed E-state index contributed by atoms with van der Waals surface area (Å²) < 4.78 is 1.84. The number of benzene rings is 2. The lowest BCUT2D eigenvalue weighted by Gasteiger charge is -2.12. The number of nitrogens with two attached hydrogens (primary N) is 1. The predicted molar refractivity (Wildman–Crippen MR) is 97.0 cm³/mol. The molecule has 6 heteroatoms. The molecular weight excluding hydrogens is 345 g/mol. The Labute approximate surface area is 149 Å². The van der Waals surface area contributed by atoms with Crippen molar-refractivity contribution < 1.29 is 5.11 Å². The normalized spacial score (nSPS) is 12.4. The Morgan fingerprint density at radius 1 is 1.21 bits per heavy atom. The summed E-state index contributed by atoms with van der Waals surface area (Å²) in [7, 11) is 1.83. The van der Waals surface area contributed by atoms with E-state index in [1.165, 1.54) is 0 Å². The van der Waals surface area contributed by atoms with E-state index in [4.69, 9.17) is 28.9 Å². The first-order valence-electron chi connectivity index (χ1n) is 7.27. The van der Waals surface area contributed by atoms with Gasteiger partial charge in [-0.25, -0.2) is 0 Å². The lowest BCUT2D eigenvalue weighted by atomic mass is 9.98. The predicted octanol–water partition coefficient (Wildman–Crippen LogP) is 4.28. The third-order valence-electron chi connectivity index (χ3n) is 4.23. The number of aliphatic hydroxyl groups excluding tert-OH is 1. The number of fused-ring (bicyclic) bond motifs is 1. The van der Waals surface area contributed by atoms with Gasteiger partial charge >= 0.3 is 0 Å². The summed E-state index contributed by atoms with van der Waals surface area (Å²) in [4.78, 5) is 0. The highest BCUT2D eigenvalue weighted by Crippen LogP contribution is 2.39. The van der Waals surface area contributed by atoms with Crippen LogP contribution in [0.4, 0.5) is 0 Å². The van der Waals surface area contributed by atoms with Crippen LogP contribution in [0.2, 0.25) is 10.0 Å². The number of rotatable bonds is 2. The van der Waals surface area contributed by atoms with Crippen molar-refractivity contribution in [1.29, 1.82) is 5.26 Å². The van der Waals surface area contributed by atoms with E-state index < -0.39 is 6.23 Å². The van der Waals surface area contributed by atoms with Gasteiger partial charge in [-0.15, -0.1) is 0 Å². The molecule has 3 rings (SSSR count). The fourth-order valence-corrected chi connectivity index (χ4v) is 3.70. The second-order valence-corrected chi connectivity index (χ2v) is 6.51. The van der Waals surface area contributed by atoms with Crippen LogP contribution in [0.15, 0.2) is 30.3 Å². The van der Waals surface area contributed by atoms with Crippen molar-refractivity contribution >= 4 is 34.1 Å². The largest absolute Gasteiger partial charge is 0.373 e. The second kappa shape index (κ2) is 6.12. The minimum absolute atomic E-state index is 0.493. The van der Waals surface area contributed by atoms with Crippen LogP contribution in [0.1, 0.15) is 23.0 Å². The van der Waals surface area contributed by atoms with Crippen LogP contribution >= 0.6 is 23.2 Å². The summed E-state index contributed by atoms with van der Waals surface area (Å²) in [6.07, 6.45) is -1.11. The van der Waals surface area contributed by atoms with Gasteiger partial charge in [0.25, 0.3) is 0 Å². The zero-order valence-corrected chi connectivity index (χ0v) is 14.7. The highest BCUT2D eigenvalue weighted by atomic mass is 35.5. The number of aliphatic hydroxyl groups is 1. The van der Waals surface area contributed by atoms with Gasteiger partial charge in [-0.2, -0.15) is 5.26 Å². The van der Waals surface area contributed by atoms with Crippen molar-refractivity contribution in [2.75, 3.05) is 0 Å². The maximum atomic E-state index is 9.91. The highest BCUT2D eigenvalue weighted by molar-refractivity contribution is 6.36. The smallest absolute Gasteiger partial charge is 0.143 e. The summed E-state index contributed by atoms with van der Waals surface area (Å²) >= 11 is 12.4. The van der Waals surface area contributed by atoms with Gasteiger partial charge in [0.15, 0.2) is 0 Å². The summed E-state index contributed by atoms with van der Waals surface area (Å²) in [6, 6.07) is 11.0.